The van der Waals surface area contributed by atoms with Gasteiger partial charge in [0.05, 0.1) is 13.2 Å². The van der Waals surface area contributed by atoms with Crippen molar-refractivity contribution in [2.24, 2.45) is 7.05 Å². The quantitative estimate of drug-likeness (QED) is 0.927. The average Bonchev–Trinajstić information content (AvgIpc) is 2.49. The number of halogens is 1. The molecule has 0 spiro atoms. The second-order valence-corrected chi connectivity index (χ2v) is 4.77. The van der Waals surface area contributed by atoms with Crippen molar-refractivity contribution in [1.29, 1.82) is 0 Å². The molecule has 1 heterocycles. The molecule has 1 aromatic heterocycles. The molecule has 0 saturated heterocycles. The topological polar surface area (TPSA) is 73.2 Å². The summed E-state index contributed by atoms with van der Waals surface area (Å²) in [6.45, 7) is 1.72. The van der Waals surface area contributed by atoms with E-state index in [-0.39, 0.29) is 17.0 Å². The van der Waals surface area contributed by atoms with Crippen molar-refractivity contribution in [3.8, 4) is 5.75 Å². The number of methoxy groups -OCH3 is 1. The molecule has 1 atom stereocenters. The summed E-state index contributed by atoms with van der Waals surface area (Å²) in [6.07, 6.45) is 0. The minimum atomic E-state index is -0.499. The highest BCUT2D eigenvalue weighted by Gasteiger charge is 2.15. The highest BCUT2D eigenvalue weighted by atomic mass is 19.1. The number of amides is 1. The number of ether oxygens (including phenoxy) is 1. The normalized spacial score (nSPS) is 11.8. The number of aromatic nitrogens is 2. The van der Waals surface area contributed by atoms with Crippen LogP contribution in [0.2, 0.25) is 0 Å². The van der Waals surface area contributed by atoms with Crippen LogP contribution in [0.4, 0.5) is 4.39 Å². The molecule has 0 radical (unpaired) electrons. The fourth-order valence-corrected chi connectivity index (χ4v) is 1.93. The van der Waals surface area contributed by atoms with Crippen molar-refractivity contribution < 1.29 is 13.9 Å². The molecule has 7 heteroatoms. The van der Waals surface area contributed by atoms with Gasteiger partial charge >= 0.3 is 0 Å². The SMILES string of the molecule is COc1ccc([C@@H](C)NC(=O)c2ccc(=O)n(C)n2)cc1F. The lowest BCUT2D eigenvalue weighted by atomic mass is 10.1. The van der Waals surface area contributed by atoms with Crippen LogP contribution in [0.25, 0.3) is 0 Å². The predicted molar refractivity (Wildman–Crippen MR) is 78.3 cm³/mol. The Labute approximate surface area is 126 Å². The number of rotatable bonds is 4. The van der Waals surface area contributed by atoms with Crippen LogP contribution >= 0.6 is 0 Å². The molecular formula is C15H16FN3O3. The van der Waals surface area contributed by atoms with E-state index in [2.05, 4.69) is 10.4 Å². The van der Waals surface area contributed by atoms with Crippen molar-refractivity contribution in [2.75, 3.05) is 7.11 Å². The average molecular weight is 305 g/mol. The maximum absolute atomic E-state index is 13.7. The molecule has 0 aliphatic carbocycles. The predicted octanol–water partition coefficient (Wildman–Crippen LogP) is 1.42. The first-order chi connectivity index (χ1) is 10.4. The van der Waals surface area contributed by atoms with Crippen LogP contribution < -0.4 is 15.6 Å². The van der Waals surface area contributed by atoms with E-state index in [1.807, 2.05) is 0 Å². The molecule has 6 nitrogen and oxygen atoms in total. The number of nitrogens with zero attached hydrogens (tertiary/aromatic N) is 2. The fourth-order valence-electron chi connectivity index (χ4n) is 1.93. The standard InChI is InChI=1S/C15H16FN3O3/c1-9(10-4-6-13(22-3)11(16)8-10)17-15(21)12-5-7-14(20)19(2)18-12/h4-9H,1-3H3,(H,17,21)/t9-/m1/s1. The molecule has 2 aromatic rings. The molecule has 0 aliphatic rings. The van der Waals surface area contributed by atoms with Gasteiger partial charge in [0.15, 0.2) is 11.6 Å². The van der Waals surface area contributed by atoms with Gasteiger partial charge in [-0.3, -0.25) is 9.59 Å². The zero-order valence-electron chi connectivity index (χ0n) is 12.5. The molecule has 0 saturated carbocycles. The van der Waals surface area contributed by atoms with E-state index in [0.29, 0.717) is 5.56 Å². The van der Waals surface area contributed by atoms with Gasteiger partial charge in [-0.05, 0) is 30.7 Å². The van der Waals surface area contributed by atoms with E-state index in [1.54, 1.807) is 13.0 Å². The first-order valence-corrected chi connectivity index (χ1v) is 6.61. The molecule has 0 bridgehead atoms. The molecule has 1 amide bonds. The number of hydrogen-bond donors (Lipinski definition) is 1. The Balaban J connectivity index is 2.15. The molecule has 1 aromatic carbocycles. The third-order valence-corrected chi connectivity index (χ3v) is 3.22. The Morgan fingerprint density at radius 3 is 2.68 bits per heavy atom. The molecule has 116 valence electrons. The molecule has 0 unspecified atom stereocenters. The first-order valence-electron chi connectivity index (χ1n) is 6.61. The van der Waals surface area contributed by atoms with E-state index < -0.39 is 17.8 Å². The summed E-state index contributed by atoms with van der Waals surface area (Å²) >= 11 is 0. The number of aryl methyl sites for hydroxylation is 1. The van der Waals surface area contributed by atoms with Crippen LogP contribution in [0.15, 0.2) is 35.1 Å². The van der Waals surface area contributed by atoms with Crippen molar-refractivity contribution in [3.05, 3.63) is 57.8 Å². The molecule has 0 fully saturated rings. The Bertz CT molecular complexity index is 758. The maximum Gasteiger partial charge on any atom is 0.272 e. The summed E-state index contributed by atoms with van der Waals surface area (Å²) in [6, 6.07) is 6.65. The summed E-state index contributed by atoms with van der Waals surface area (Å²) in [5.74, 6) is -0.803. The molecular weight excluding hydrogens is 289 g/mol. The van der Waals surface area contributed by atoms with Gasteiger partial charge in [-0.2, -0.15) is 5.10 Å². The van der Waals surface area contributed by atoms with Crippen molar-refractivity contribution >= 4 is 5.91 Å². The van der Waals surface area contributed by atoms with Gasteiger partial charge in [-0.1, -0.05) is 6.07 Å². The molecule has 22 heavy (non-hydrogen) atoms. The highest BCUT2D eigenvalue weighted by molar-refractivity contribution is 5.92. The van der Waals surface area contributed by atoms with Gasteiger partial charge in [-0.25, -0.2) is 9.07 Å². The lowest BCUT2D eigenvalue weighted by Gasteiger charge is -2.15. The van der Waals surface area contributed by atoms with E-state index in [1.165, 1.54) is 38.4 Å². The number of hydrogen-bond acceptors (Lipinski definition) is 4. The zero-order chi connectivity index (χ0) is 16.3. The smallest absolute Gasteiger partial charge is 0.272 e. The van der Waals surface area contributed by atoms with Gasteiger partial charge in [0.25, 0.3) is 11.5 Å². The van der Waals surface area contributed by atoms with Crippen molar-refractivity contribution in [1.82, 2.24) is 15.1 Å². The number of benzene rings is 1. The van der Waals surface area contributed by atoms with Crippen LogP contribution in [0.5, 0.6) is 5.75 Å². The number of carbonyl (C=O) groups excluding carboxylic acids is 1. The third kappa shape index (κ3) is 3.30. The van der Waals surface area contributed by atoms with Crippen LogP contribution in [0.3, 0.4) is 0 Å². The largest absolute Gasteiger partial charge is 0.494 e. The second-order valence-electron chi connectivity index (χ2n) is 4.77. The molecule has 2 rings (SSSR count). The van der Waals surface area contributed by atoms with Crippen molar-refractivity contribution in [2.45, 2.75) is 13.0 Å². The Morgan fingerprint density at radius 2 is 2.09 bits per heavy atom. The lowest BCUT2D eigenvalue weighted by Crippen LogP contribution is -2.30. The number of nitrogens with one attached hydrogen (secondary N) is 1. The van der Waals surface area contributed by atoms with E-state index in [9.17, 15) is 14.0 Å². The summed E-state index contributed by atoms with van der Waals surface area (Å²) in [5, 5.41) is 6.56. The van der Waals surface area contributed by atoms with Crippen LogP contribution in [0.1, 0.15) is 29.0 Å². The summed E-state index contributed by atoms with van der Waals surface area (Å²) in [5.41, 5.74) is 0.404. The van der Waals surface area contributed by atoms with Crippen molar-refractivity contribution in [3.63, 3.8) is 0 Å². The fraction of sp³-hybridized carbons (Fsp3) is 0.267. The number of carbonyl (C=O) groups is 1. The lowest BCUT2D eigenvalue weighted by molar-refractivity contribution is 0.0932. The summed E-state index contributed by atoms with van der Waals surface area (Å²) in [4.78, 5) is 23.3. The Morgan fingerprint density at radius 1 is 1.36 bits per heavy atom. The van der Waals surface area contributed by atoms with Crippen LogP contribution in [-0.2, 0) is 7.05 Å². The first kappa shape index (κ1) is 15.7. The summed E-state index contributed by atoms with van der Waals surface area (Å²) in [7, 11) is 2.84. The highest BCUT2D eigenvalue weighted by Crippen LogP contribution is 2.21. The van der Waals surface area contributed by atoms with E-state index in [4.69, 9.17) is 4.74 Å². The minimum Gasteiger partial charge on any atom is -0.494 e. The van der Waals surface area contributed by atoms with Crippen LogP contribution in [-0.4, -0.2) is 22.8 Å². The Hall–Kier alpha value is -2.70. The molecule has 0 aliphatic heterocycles. The maximum atomic E-state index is 13.7. The molecule has 1 N–H and O–H groups in total. The van der Waals surface area contributed by atoms with Gasteiger partial charge in [0.1, 0.15) is 5.69 Å². The zero-order valence-corrected chi connectivity index (χ0v) is 12.5. The van der Waals surface area contributed by atoms with Gasteiger partial charge in [0, 0.05) is 13.1 Å². The van der Waals surface area contributed by atoms with Crippen LogP contribution in [0, 0.1) is 5.82 Å². The Kier molecular flexibility index (Phi) is 4.55. The van der Waals surface area contributed by atoms with Gasteiger partial charge < -0.3 is 10.1 Å². The second kappa shape index (κ2) is 6.38. The summed E-state index contributed by atoms with van der Waals surface area (Å²) < 4.78 is 19.6. The minimum absolute atomic E-state index is 0.114. The van der Waals surface area contributed by atoms with E-state index >= 15 is 0 Å². The van der Waals surface area contributed by atoms with E-state index in [0.717, 1.165) is 4.68 Å². The monoisotopic (exact) mass is 305 g/mol. The van der Waals surface area contributed by atoms with Gasteiger partial charge in [0.2, 0.25) is 0 Å². The third-order valence-electron chi connectivity index (χ3n) is 3.22. The van der Waals surface area contributed by atoms with Gasteiger partial charge in [-0.15, -0.1) is 0 Å².